The number of nitrogens with zero attached hydrogens (tertiary/aromatic N) is 3. The van der Waals surface area contributed by atoms with E-state index in [0.717, 1.165) is 44.9 Å². The highest BCUT2D eigenvalue weighted by atomic mass is 127. The highest BCUT2D eigenvalue weighted by Crippen LogP contribution is 2.20. The summed E-state index contributed by atoms with van der Waals surface area (Å²) in [6.45, 7) is 4.86. The number of guanidine groups is 1. The van der Waals surface area contributed by atoms with Gasteiger partial charge in [0.25, 0.3) is 0 Å². The van der Waals surface area contributed by atoms with Gasteiger partial charge >= 0.3 is 0 Å². The summed E-state index contributed by atoms with van der Waals surface area (Å²) in [6, 6.07) is 2.07. The molecule has 2 heterocycles. The predicted molar refractivity (Wildman–Crippen MR) is 112 cm³/mol. The lowest BCUT2D eigenvalue weighted by Crippen LogP contribution is -2.46. The minimum Gasteiger partial charge on any atom is -0.359 e. The molecular weight excluding hydrogens is 429 g/mol. The summed E-state index contributed by atoms with van der Waals surface area (Å²) in [4.78, 5) is 22.3. The molecule has 0 unspecified atom stereocenters. The van der Waals surface area contributed by atoms with Crippen LogP contribution in [0.15, 0.2) is 23.5 Å². The minimum atomic E-state index is 0. The van der Waals surface area contributed by atoms with Crippen molar-refractivity contribution in [1.29, 1.82) is 0 Å². The quantitative estimate of drug-likeness (QED) is 0.402. The van der Waals surface area contributed by atoms with Gasteiger partial charge in [-0.1, -0.05) is 0 Å². The normalized spacial score (nSPS) is 15.5. The lowest BCUT2D eigenvalue weighted by Gasteiger charge is -2.34. The Hall–Kier alpha value is -1.38. The van der Waals surface area contributed by atoms with E-state index in [1.807, 2.05) is 19.4 Å². The van der Waals surface area contributed by atoms with Crippen LogP contribution < -0.4 is 10.6 Å². The van der Waals surface area contributed by atoms with Crippen LogP contribution >= 0.6 is 24.0 Å². The second-order valence-electron chi connectivity index (χ2n) is 6.33. The monoisotopic (exact) mass is 459 g/mol. The van der Waals surface area contributed by atoms with Gasteiger partial charge in [-0.2, -0.15) is 0 Å². The molecule has 2 rings (SSSR count). The number of carbonyl (C=O) groups excluding carboxylic acids is 1. The maximum absolute atomic E-state index is 11.5. The number of aromatic nitrogens is 1. The van der Waals surface area contributed by atoms with Gasteiger partial charge in [0, 0.05) is 52.5 Å². The first kappa shape index (κ1) is 21.7. The molecule has 6 nitrogen and oxygen atoms in total. The maximum atomic E-state index is 11.5. The number of hydrogen-bond acceptors (Lipinski definition) is 3. The number of hydrogen-bond donors (Lipinski definition) is 2. The Kier molecular flexibility index (Phi) is 9.77. The number of nitrogens with one attached hydrogen (secondary N) is 2. The van der Waals surface area contributed by atoms with Crippen LogP contribution in [0.3, 0.4) is 0 Å². The van der Waals surface area contributed by atoms with E-state index in [2.05, 4.69) is 38.5 Å². The summed E-state index contributed by atoms with van der Waals surface area (Å²) >= 11 is 0. The molecular formula is C18H30IN5O. The van der Waals surface area contributed by atoms with Gasteiger partial charge in [0.05, 0.1) is 0 Å². The molecule has 1 aliphatic heterocycles. The van der Waals surface area contributed by atoms with Crippen LogP contribution in [0.25, 0.3) is 0 Å². The third-order valence-electron chi connectivity index (χ3n) is 4.69. The van der Waals surface area contributed by atoms with Crippen LogP contribution in [0.5, 0.6) is 0 Å². The number of pyridine rings is 1. The van der Waals surface area contributed by atoms with Crippen LogP contribution in [0, 0.1) is 12.8 Å². The number of aliphatic imine (C=N–C) groups is 1. The zero-order chi connectivity index (χ0) is 17.4. The molecule has 2 N–H and O–H groups in total. The lowest BCUT2D eigenvalue weighted by molar-refractivity contribution is -0.121. The Balaban J connectivity index is 0.00000312. The second-order valence-corrected chi connectivity index (χ2v) is 6.33. The molecule has 0 aromatic carbocycles. The molecule has 0 bridgehead atoms. The van der Waals surface area contributed by atoms with Gasteiger partial charge in [-0.25, -0.2) is 0 Å². The molecule has 0 spiro atoms. The zero-order valence-electron chi connectivity index (χ0n) is 15.4. The van der Waals surface area contributed by atoms with Gasteiger partial charge in [-0.05, 0) is 49.3 Å². The van der Waals surface area contributed by atoms with Crippen molar-refractivity contribution in [2.75, 3.05) is 33.7 Å². The van der Waals surface area contributed by atoms with Gasteiger partial charge in [0.1, 0.15) is 0 Å². The van der Waals surface area contributed by atoms with Crippen LogP contribution in [-0.2, 0) is 11.2 Å². The van der Waals surface area contributed by atoms with Crippen LogP contribution in [-0.4, -0.2) is 55.5 Å². The van der Waals surface area contributed by atoms with E-state index in [0.29, 0.717) is 12.3 Å². The van der Waals surface area contributed by atoms with Gasteiger partial charge in [0.15, 0.2) is 5.96 Å². The van der Waals surface area contributed by atoms with E-state index in [1.54, 1.807) is 7.05 Å². The Morgan fingerprint density at radius 2 is 2.12 bits per heavy atom. The summed E-state index contributed by atoms with van der Waals surface area (Å²) in [7, 11) is 3.53. The topological polar surface area (TPSA) is 69.6 Å². The summed E-state index contributed by atoms with van der Waals surface area (Å²) in [5.74, 6) is 1.59. The largest absolute Gasteiger partial charge is 0.359 e. The van der Waals surface area contributed by atoms with E-state index < -0.39 is 0 Å². The van der Waals surface area contributed by atoms with Gasteiger partial charge < -0.3 is 15.5 Å². The smallest absolute Gasteiger partial charge is 0.220 e. The Bertz CT molecular complexity index is 570. The third kappa shape index (κ3) is 6.80. The maximum Gasteiger partial charge on any atom is 0.220 e. The van der Waals surface area contributed by atoms with E-state index >= 15 is 0 Å². The molecule has 1 fully saturated rings. The average molecular weight is 459 g/mol. The van der Waals surface area contributed by atoms with Crippen molar-refractivity contribution in [3.05, 3.63) is 29.6 Å². The molecule has 0 radical (unpaired) electrons. The fourth-order valence-electron chi connectivity index (χ4n) is 3.14. The summed E-state index contributed by atoms with van der Waals surface area (Å²) in [6.07, 6.45) is 7.42. The van der Waals surface area contributed by atoms with Crippen molar-refractivity contribution < 1.29 is 4.79 Å². The molecule has 140 valence electrons. The number of piperidine rings is 1. The molecule has 0 saturated carbocycles. The molecule has 1 amide bonds. The van der Waals surface area contributed by atoms with E-state index in [4.69, 9.17) is 0 Å². The van der Waals surface area contributed by atoms with Crippen molar-refractivity contribution in [3.8, 4) is 0 Å². The van der Waals surface area contributed by atoms with Gasteiger partial charge in [-0.15, -0.1) is 24.0 Å². The lowest BCUT2D eigenvalue weighted by atomic mass is 9.93. The van der Waals surface area contributed by atoms with E-state index in [-0.39, 0.29) is 29.9 Å². The Morgan fingerprint density at radius 3 is 2.72 bits per heavy atom. The fourth-order valence-corrected chi connectivity index (χ4v) is 3.14. The first-order chi connectivity index (χ1) is 11.6. The Morgan fingerprint density at radius 1 is 1.40 bits per heavy atom. The predicted octanol–water partition coefficient (Wildman–Crippen LogP) is 1.97. The number of amides is 1. The molecule has 1 saturated heterocycles. The van der Waals surface area contributed by atoms with Gasteiger partial charge in [0.2, 0.25) is 5.91 Å². The van der Waals surface area contributed by atoms with Crippen molar-refractivity contribution in [1.82, 2.24) is 20.5 Å². The third-order valence-corrected chi connectivity index (χ3v) is 4.69. The fraction of sp³-hybridized carbons (Fsp3) is 0.611. The molecule has 25 heavy (non-hydrogen) atoms. The average Bonchev–Trinajstić information content (AvgIpc) is 2.61. The zero-order valence-corrected chi connectivity index (χ0v) is 17.7. The van der Waals surface area contributed by atoms with Crippen LogP contribution in [0.4, 0.5) is 0 Å². The highest BCUT2D eigenvalue weighted by Gasteiger charge is 2.22. The SMILES string of the molecule is CN=C(NCCc1ccncc1C)N1CCC(CC(=O)NC)CC1.I. The summed E-state index contributed by atoms with van der Waals surface area (Å²) in [5.41, 5.74) is 2.54. The number of carbonyl (C=O) groups is 1. The number of likely N-dealkylation sites (tertiary alicyclic amines) is 1. The number of rotatable bonds is 5. The minimum absolute atomic E-state index is 0. The standard InChI is InChI=1S/C18H29N5O.HI/c1-14-13-21-8-4-16(14)5-9-22-18(20-3)23-10-6-15(7-11-23)12-17(24)19-2;/h4,8,13,15H,5-7,9-12H2,1-3H3,(H,19,24)(H,20,22);1H. The molecule has 7 heteroatoms. The van der Waals surface area contributed by atoms with Crippen LogP contribution in [0.1, 0.15) is 30.4 Å². The molecule has 1 aromatic heterocycles. The first-order valence-corrected chi connectivity index (χ1v) is 8.69. The molecule has 0 aliphatic carbocycles. The number of halogens is 1. The number of aryl methyl sites for hydroxylation is 1. The van der Waals surface area contributed by atoms with Crippen molar-refractivity contribution in [3.63, 3.8) is 0 Å². The van der Waals surface area contributed by atoms with Crippen molar-refractivity contribution >= 4 is 35.8 Å². The molecule has 1 aliphatic rings. The van der Waals surface area contributed by atoms with E-state index in [9.17, 15) is 4.79 Å². The summed E-state index contributed by atoms with van der Waals surface area (Å²) < 4.78 is 0. The van der Waals surface area contributed by atoms with Crippen molar-refractivity contribution in [2.45, 2.75) is 32.6 Å². The van der Waals surface area contributed by atoms with Crippen molar-refractivity contribution in [2.24, 2.45) is 10.9 Å². The molecule has 0 atom stereocenters. The van der Waals surface area contributed by atoms with Crippen LogP contribution in [0.2, 0.25) is 0 Å². The first-order valence-electron chi connectivity index (χ1n) is 8.69. The molecule has 1 aromatic rings. The Labute approximate surface area is 167 Å². The highest BCUT2D eigenvalue weighted by molar-refractivity contribution is 14.0. The van der Waals surface area contributed by atoms with Gasteiger partial charge in [-0.3, -0.25) is 14.8 Å². The van der Waals surface area contributed by atoms with E-state index in [1.165, 1.54) is 11.1 Å². The second kappa shape index (κ2) is 11.3. The summed E-state index contributed by atoms with van der Waals surface area (Å²) in [5, 5.41) is 6.17.